The van der Waals surface area contributed by atoms with Gasteiger partial charge < -0.3 is 20.7 Å². The van der Waals surface area contributed by atoms with Gasteiger partial charge >= 0.3 is 0 Å². The van der Waals surface area contributed by atoms with E-state index in [1.807, 2.05) is 23.8 Å². The number of aliphatic hydroxyl groups excluding tert-OH is 1. The number of fused-ring (bicyclic) bond motifs is 1. The Morgan fingerprint density at radius 2 is 2.29 bits per heavy atom. The molecule has 0 bridgehead atoms. The molecule has 0 aliphatic rings. The van der Waals surface area contributed by atoms with Crippen molar-refractivity contribution < 1.29 is 5.11 Å². The zero-order valence-electron chi connectivity index (χ0n) is 11.5. The maximum atomic E-state index is 10.1. The van der Waals surface area contributed by atoms with Crippen molar-refractivity contribution in [3.63, 3.8) is 0 Å². The predicted octanol–water partition coefficient (Wildman–Crippen LogP) is 1.99. The fourth-order valence-corrected chi connectivity index (χ4v) is 2.68. The molecule has 0 spiro atoms. The van der Waals surface area contributed by atoms with Gasteiger partial charge in [0.2, 0.25) is 5.95 Å². The second-order valence-corrected chi connectivity index (χ2v) is 5.26. The highest BCUT2D eigenvalue weighted by atomic mass is 32.1. The molecule has 7 nitrogen and oxygen atoms in total. The van der Waals surface area contributed by atoms with Crippen LogP contribution in [0, 0.1) is 0 Å². The van der Waals surface area contributed by atoms with Crippen molar-refractivity contribution in [2.24, 2.45) is 0 Å². The maximum Gasteiger partial charge on any atom is 0.226 e. The second kappa shape index (κ2) is 6.06. The first-order chi connectivity index (χ1) is 10.3. The predicted molar refractivity (Wildman–Crippen MR) is 83.6 cm³/mol. The number of imidazole rings is 1. The molecule has 0 aliphatic carbocycles. The molecule has 1 atom stereocenters. The van der Waals surface area contributed by atoms with Gasteiger partial charge in [-0.05, 0) is 29.3 Å². The number of thiophene rings is 1. The molecule has 0 fully saturated rings. The van der Waals surface area contributed by atoms with Crippen molar-refractivity contribution in [3.8, 4) is 0 Å². The summed E-state index contributed by atoms with van der Waals surface area (Å²) in [5, 5.41) is 20.2. The molecule has 0 aromatic carbocycles. The van der Waals surface area contributed by atoms with Crippen LogP contribution in [0.2, 0.25) is 0 Å². The molecule has 3 heterocycles. The Morgan fingerprint density at radius 3 is 3.05 bits per heavy atom. The smallest absolute Gasteiger partial charge is 0.226 e. The van der Waals surface area contributed by atoms with Gasteiger partial charge in [-0.1, -0.05) is 0 Å². The molecule has 0 amide bonds. The summed E-state index contributed by atoms with van der Waals surface area (Å²) in [5.41, 5.74) is 2.22. The molecule has 0 radical (unpaired) electrons. The van der Waals surface area contributed by atoms with Crippen LogP contribution in [0.25, 0.3) is 11.2 Å². The van der Waals surface area contributed by atoms with Gasteiger partial charge in [0.15, 0.2) is 11.5 Å². The molecule has 3 aromatic rings. The van der Waals surface area contributed by atoms with Gasteiger partial charge in [-0.2, -0.15) is 21.3 Å². The largest absolute Gasteiger partial charge is 0.387 e. The van der Waals surface area contributed by atoms with E-state index in [2.05, 4.69) is 30.6 Å². The Kier molecular flexibility index (Phi) is 3.98. The molecular formula is C13H16N6OS. The normalized spacial score (nSPS) is 12.5. The minimum Gasteiger partial charge on any atom is -0.387 e. The minimum atomic E-state index is -0.577. The average molecular weight is 304 g/mol. The number of rotatable bonds is 6. The number of nitrogens with one attached hydrogen (secondary N) is 3. The fourth-order valence-electron chi connectivity index (χ4n) is 1.97. The van der Waals surface area contributed by atoms with Gasteiger partial charge in [0, 0.05) is 13.1 Å². The van der Waals surface area contributed by atoms with Crippen molar-refractivity contribution >= 4 is 34.3 Å². The van der Waals surface area contributed by atoms with E-state index in [9.17, 15) is 5.11 Å². The van der Waals surface area contributed by atoms with Crippen LogP contribution in [-0.2, 0) is 0 Å². The van der Waals surface area contributed by atoms with Crippen molar-refractivity contribution in [3.05, 3.63) is 28.7 Å². The third-order valence-electron chi connectivity index (χ3n) is 3.01. The Balaban J connectivity index is 1.80. The summed E-state index contributed by atoms with van der Waals surface area (Å²) in [6.07, 6.45) is 1.00. The molecule has 0 saturated heterocycles. The van der Waals surface area contributed by atoms with Gasteiger partial charge in [0.05, 0.1) is 12.4 Å². The third kappa shape index (κ3) is 2.96. The third-order valence-corrected chi connectivity index (χ3v) is 3.71. The van der Waals surface area contributed by atoms with Gasteiger partial charge in [0.25, 0.3) is 0 Å². The van der Waals surface area contributed by atoms with Crippen molar-refractivity contribution in [2.45, 2.75) is 13.0 Å². The SMILES string of the molecule is CCNc1nc(NCC(O)c2ccsc2)c2[nH]cnc2n1. The van der Waals surface area contributed by atoms with E-state index in [0.29, 0.717) is 24.0 Å². The van der Waals surface area contributed by atoms with Crippen LogP contribution in [0.3, 0.4) is 0 Å². The van der Waals surface area contributed by atoms with Crippen LogP contribution in [-0.4, -0.2) is 38.1 Å². The maximum absolute atomic E-state index is 10.1. The van der Waals surface area contributed by atoms with Crippen LogP contribution < -0.4 is 10.6 Å². The lowest BCUT2D eigenvalue weighted by Crippen LogP contribution is -2.14. The molecule has 3 aromatic heterocycles. The first-order valence-electron chi connectivity index (χ1n) is 6.67. The number of aliphatic hydroxyl groups is 1. The average Bonchev–Trinajstić information content (AvgIpc) is 3.15. The van der Waals surface area contributed by atoms with E-state index < -0.39 is 6.10 Å². The molecule has 110 valence electrons. The molecular weight excluding hydrogens is 288 g/mol. The zero-order chi connectivity index (χ0) is 14.7. The lowest BCUT2D eigenvalue weighted by molar-refractivity contribution is 0.192. The van der Waals surface area contributed by atoms with E-state index in [4.69, 9.17) is 0 Å². The molecule has 4 N–H and O–H groups in total. The first-order valence-corrected chi connectivity index (χ1v) is 7.61. The second-order valence-electron chi connectivity index (χ2n) is 4.48. The summed E-state index contributed by atoms with van der Waals surface area (Å²) >= 11 is 1.56. The molecule has 0 saturated carbocycles. The molecule has 1 unspecified atom stereocenters. The van der Waals surface area contributed by atoms with Crippen molar-refractivity contribution in [1.82, 2.24) is 19.9 Å². The van der Waals surface area contributed by atoms with Gasteiger partial charge in [-0.3, -0.25) is 0 Å². The number of anilines is 2. The van der Waals surface area contributed by atoms with Crippen LogP contribution >= 0.6 is 11.3 Å². The summed E-state index contributed by atoms with van der Waals surface area (Å²) in [6.45, 7) is 3.08. The topological polar surface area (TPSA) is 98.8 Å². The highest BCUT2D eigenvalue weighted by Gasteiger charge is 2.12. The zero-order valence-corrected chi connectivity index (χ0v) is 12.3. The van der Waals surface area contributed by atoms with Crippen molar-refractivity contribution in [1.29, 1.82) is 0 Å². The number of aromatic amines is 1. The lowest BCUT2D eigenvalue weighted by Gasteiger charge is -2.12. The van der Waals surface area contributed by atoms with Crippen LogP contribution in [0.4, 0.5) is 11.8 Å². The van der Waals surface area contributed by atoms with E-state index in [1.165, 1.54) is 0 Å². The number of hydrogen-bond donors (Lipinski definition) is 4. The summed E-state index contributed by atoms with van der Waals surface area (Å²) in [4.78, 5) is 15.9. The number of H-pyrrole nitrogens is 1. The highest BCUT2D eigenvalue weighted by molar-refractivity contribution is 7.07. The molecule has 3 rings (SSSR count). The Bertz CT molecular complexity index is 711. The summed E-state index contributed by atoms with van der Waals surface area (Å²) < 4.78 is 0. The van der Waals surface area contributed by atoms with Gasteiger partial charge in [-0.25, -0.2) is 4.98 Å². The van der Waals surface area contributed by atoms with E-state index in [0.717, 1.165) is 17.6 Å². The lowest BCUT2D eigenvalue weighted by atomic mass is 10.2. The fraction of sp³-hybridized carbons (Fsp3) is 0.308. The van der Waals surface area contributed by atoms with E-state index >= 15 is 0 Å². The van der Waals surface area contributed by atoms with Crippen LogP contribution in [0.5, 0.6) is 0 Å². The number of hydrogen-bond acceptors (Lipinski definition) is 7. The quantitative estimate of drug-likeness (QED) is 0.556. The summed E-state index contributed by atoms with van der Waals surface area (Å²) in [6, 6.07) is 1.91. The Morgan fingerprint density at radius 1 is 1.38 bits per heavy atom. The molecule has 21 heavy (non-hydrogen) atoms. The number of nitrogens with zero attached hydrogens (tertiary/aromatic N) is 3. The first kappa shape index (κ1) is 13.8. The van der Waals surface area contributed by atoms with Gasteiger partial charge in [0.1, 0.15) is 5.52 Å². The summed E-state index contributed by atoms with van der Waals surface area (Å²) in [7, 11) is 0. The van der Waals surface area contributed by atoms with Crippen LogP contribution in [0.15, 0.2) is 23.2 Å². The van der Waals surface area contributed by atoms with Crippen LogP contribution in [0.1, 0.15) is 18.6 Å². The minimum absolute atomic E-state index is 0.368. The van der Waals surface area contributed by atoms with E-state index in [1.54, 1.807) is 17.7 Å². The van der Waals surface area contributed by atoms with Crippen molar-refractivity contribution in [2.75, 3.05) is 23.7 Å². The highest BCUT2D eigenvalue weighted by Crippen LogP contribution is 2.21. The summed E-state index contributed by atoms with van der Waals surface area (Å²) in [5.74, 6) is 1.15. The molecule has 8 heteroatoms. The monoisotopic (exact) mass is 304 g/mol. The number of aromatic nitrogens is 4. The Labute approximate surface area is 125 Å². The molecule has 0 aliphatic heterocycles. The van der Waals surface area contributed by atoms with Gasteiger partial charge in [-0.15, -0.1) is 0 Å². The Hall–Kier alpha value is -2.19. The standard InChI is InChI=1S/C13H16N6OS/c1-2-14-13-18-11(10-12(19-13)17-7-16-10)15-5-9(20)8-3-4-21-6-8/h3-4,6-7,9,20H,2,5H2,1H3,(H3,14,15,16,17,18,19). The van der Waals surface area contributed by atoms with E-state index in [-0.39, 0.29) is 0 Å².